The lowest BCUT2D eigenvalue weighted by molar-refractivity contribution is -0.120. The maximum Gasteiger partial charge on any atom is 0.227 e. The minimum Gasteiger partial charge on any atom is -0.384 e. The highest BCUT2D eigenvalue weighted by Crippen LogP contribution is 2.27. The molecule has 1 fully saturated rings. The number of fused-ring (bicyclic) bond motifs is 1. The lowest BCUT2D eigenvalue weighted by atomic mass is 9.99. The maximum absolute atomic E-state index is 12.3. The molecule has 1 aliphatic carbocycles. The van der Waals surface area contributed by atoms with Gasteiger partial charge in [-0.1, -0.05) is 25.7 Å². The second-order valence-corrected chi connectivity index (χ2v) is 5.73. The summed E-state index contributed by atoms with van der Waals surface area (Å²) in [5.41, 5.74) is 3.49. The fourth-order valence-electron chi connectivity index (χ4n) is 3.17. The van der Waals surface area contributed by atoms with Gasteiger partial charge in [0.25, 0.3) is 0 Å². The molecule has 0 saturated heterocycles. The molecule has 3 rings (SSSR count). The van der Waals surface area contributed by atoms with E-state index < -0.39 is 0 Å². The minimum atomic E-state index is 0. The molecule has 110 valence electrons. The Morgan fingerprint density at radius 1 is 1.15 bits per heavy atom. The fourth-order valence-corrected chi connectivity index (χ4v) is 3.17. The SMILES string of the molecule is Cl.O=C(Nc1ccc2c(c1)CCN2)C1CCCCCC1. The summed E-state index contributed by atoms with van der Waals surface area (Å²) >= 11 is 0. The highest BCUT2D eigenvalue weighted by Gasteiger charge is 2.20. The van der Waals surface area contributed by atoms with Gasteiger partial charge in [0.05, 0.1) is 0 Å². The Morgan fingerprint density at radius 3 is 2.65 bits per heavy atom. The molecule has 2 aliphatic rings. The zero-order valence-corrected chi connectivity index (χ0v) is 12.6. The van der Waals surface area contributed by atoms with Crippen LogP contribution in [0.2, 0.25) is 0 Å². The van der Waals surface area contributed by atoms with Crippen LogP contribution in [0.4, 0.5) is 11.4 Å². The van der Waals surface area contributed by atoms with Crippen LogP contribution >= 0.6 is 12.4 Å². The smallest absolute Gasteiger partial charge is 0.227 e. The van der Waals surface area contributed by atoms with Gasteiger partial charge in [0.2, 0.25) is 5.91 Å². The first-order chi connectivity index (χ1) is 9.33. The predicted octanol–water partition coefficient (Wildman–Crippen LogP) is 3.99. The van der Waals surface area contributed by atoms with Gasteiger partial charge in [-0.05, 0) is 43.0 Å². The van der Waals surface area contributed by atoms with Crippen LogP contribution in [0.5, 0.6) is 0 Å². The van der Waals surface area contributed by atoms with Crippen molar-refractivity contribution in [2.45, 2.75) is 44.9 Å². The molecule has 1 aromatic carbocycles. The molecule has 1 amide bonds. The summed E-state index contributed by atoms with van der Waals surface area (Å²) in [6, 6.07) is 6.20. The number of nitrogens with one attached hydrogen (secondary N) is 2. The van der Waals surface area contributed by atoms with E-state index in [1.807, 2.05) is 6.07 Å². The molecule has 2 N–H and O–H groups in total. The number of amides is 1. The van der Waals surface area contributed by atoms with E-state index in [-0.39, 0.29) is 24.2 Å². The summed E-state index contributed by atoms with van der Waals surface area (Å²) in [5, 5.41) is 6.44. The van der Waals surface area contributed by atoms with E-state index in [0.717, 1.165) is 31.5 Å². The van der Waals surface area contributed by atoms with Gasteiger partial charge in [-0.15, -0.1) is 12.4 Å². The van der Waals surface area contributed by atoms with Crippen LogP contribution in [-0.2, 0) is 11.2 Å². The number of hydrogen-bond donors (Lipinski definition) is 2. The maximum atomic E-state index is 12.3. The Balaban J connectivity index is 0.00000147. The molecule has 0 aromatic heterocycles. The van der Waals surface area contributed by atoms with Crippen molar-refractivity contribution in [1.82, 2.24) is 0 Å². The van der Waals surface area contributed by atoms with Gasteiger partial charge in [-0.2, -0.15) is 0 Å². The molecule has 1 aromatic rings. The van der Waals surface area contributed by atoms with Gasteiger partial charge < -0.3 is 10.6 Å². The van der Waals surface area contributed by atoms with Gasteiger partial charge in [-0.3, -0.25) is 4.79 Å². The summed E-state index contributed by atoms with van der Waals surface area (Å²) in [4.78, 5) is 12.3. The molecule has 1 heterocycles. The lowest BCUT2D eigenvalue weighted by Gasteiger charge is -2.14. The van der Waals surface area contributed by atoms with Crippen molar-refractivity contribution in [2.75, 3.05) is 17.2 Å². The van der Waals surface area contributed by atoms with Crippen molar-refractivity contribution in [1.29, 1.82) is 0 Å². The molecular formula is C16H23ClN2O. The largest absolute Gasteiger partial charge is 0.384 e. The van der Waals surface area contributed by atoms with Gasteiger partial charge in [0, 0.05) is 23.8 Å². The number of hydrogen-bond acceptors (Lipinski definition) is 2. The zero-order chi connectivity index (χ0) is 13.1. The molecule has 20 heavy (non-hydrogen) atoms. The molecule has 1 aliphatic heterocycles. The highest BCUT2D eigenvalue weighted by atomic mass is 35.5. The molecule has 4 heteroatoms. The van der Waals surface area contributed by atoms with Crippen LogP contribution in [0.1, 0.15) is 44.1 Å². The number of benzene rings is 1. The Labute approximate surface area is 126 Å². The van der Waals surface area contributed by atoms with Crippen LogP contribution in [0.15, 0.2) is 18.2 Å². The zero-order valence-electron chi connectivity index (χ0n) is 11.8. The average Bonchev–Trinajstić information content (AvgIpc) is 2.71. The van der Waals surface area contributed by atoms with Gasteiger partial charge in [0.1, 0.15) is 0 Å². The molecule has 3 nitrogen and oxygen atoms in total. The number of anilines is 2. The second kappa shape index (κ2) is 6.98. The van der Waals surface area contributed by atoms with Gasteiger partial charge in [0.15, 0.2) is 0 Å². The first-order valence-electron chi connectivity index (χ1n) is 7.50. The Hall–Kier alpha value is -1.22. The van der Waals surface area contributed by atoms with Crippen molar-refractivity contribution < 1.29 is 4.79 Å². The quantitative estimate of drug-likeness (QED) is 0.810. The number of halogens is 1. The second-order valence-electron chi connectivity index (χ2n) is 5.73. The number of carbonyl (C=O) groups excluding carboxylic acids is 1. The number of carbonyl (C=O) groups is 1. The molecule has 0 unspecified atom stereocenters. The molecule has 0 atom stereocenters. The molecular weight excluding hydrogens is 272 g/mol. The predicted molar refractivity (Wildman–Crippen MR) is 85.7 cm³/mol. The monoisotopic (exact) mass is 294 g/mol. The normalized spacial score (nSPS) is 18.4. The van der Waals surface area contributed by atoms with E-state index in [9.17, 15) is 4.79 Å². The lowest BCUT2D eigenvalue weighted by Crippen LogP contribution is -2.22. The van der Waals surface area contributed by atoms with E-state index in [1.54, 1.807) is 0 Å². The highest BCUT2D eigenvalue weighted by molar-refractivity contribution is 5.93. The van der Waals surface area contributed by atoms with Crippen molar-refractivity contribution in [2.24, 2.45) is 5.92 Å². The van der Waals surface area contributed by atoms with Crippen LogP contribution < -0.4 is 10.6 Å². The third kappa shape index (κ3) is 3.45. The van der Waals surface area contributed by atoms with Crippen LogP contribution in [0, 0.1) is 5.92 Å². The van der Waals surface area contributed by atoms with Crippen LogP contribution in [0.25, 0.3) is 0 Å². The standard InChI is InChI=1S/C16H22N2O.ClH/c19-16(12-5-3-1-2-4-6-12)18-14-7-8-15-13(11-14)9-10-17-15;/h7-8,11-12,17H,1-6,9-10H2,(H,18,19);1H. The van der Waals surface area contributed by atoms with E-state index in [4.69, 9.17) is 0 Å². The summed E-state index contributed by atoms with van der Waals surface area (Å²) in [7, 11) is 0. The van der Waals surface area contributed by atoms with E-state index in [0.29, 0.717) is 0 Å². The molecule has 1 saturated carbocycles. The van der Waals surface area contributed by atoms with Crippen molar-refractivity contribution >= 4 is 29.7 Å². The topological polar surface area (TPSA) is 41.1 Å². The molecule has 0 spiro atoms. The Kier molecular flexibility index (Phi) is 5.30. The van der Waals surface area contributed by atoms with Crippen LogP contribution in [-0.4, -0.2) is 12.5 Å². The van der Waals surface area contributed by atoms with E-state index >= 15 is 0 Å². The van der Waals surface area contributed by atoms with E-state index in [1.165, 1.54) is 36.9 Å². The molecule has 0 bridgehead atoms. The first-order valence-corrected chi connectivity index (χ1v) is 7.50. The average molecular weight is 295 g/mol. The molecule has 0 radical (unpaired) electrons. The van der Waals surface area contributed by atoms with Crippen LogP contribution in [0.3, 0.4) is 0 Å². The minimum absolute atomic E-state index is 0. The summed E-state index contributed by atoms with van der Waals surface area (Å²) in [6.45, 7) is 1.01. The third-order valence-corrected chi connectivity index (χ3v) is 4.31. The summed E-state index contributed by atoms with van der Waals surface area (Å²) in [6.07, 6.45) is 8.14. The summed E-state index contributed by atoms with van der Waals surface area (Å²) in [5.74, 6) is 0.432. The number of rotatable bonds is 2. The fraction of sp³-hybridized carbons (Fsp3) is 0.562. The van der Waals surface area contributed by atoms with Crippen molar-refractivity contribution in [3.63, 3.8) is 0 Å². The summed E-state index contributed by atoms with van der Waals surface area (Å²) < 4.78 is 0. The first kappa shape index (κ1) is 15.2. The van der Waals surface area contributed by atoms with E-state index in [2.05, 4.69) is 22.8 Å². The third-order valence-electron chi connectivity index (χ3n) is 4.31. The Bertz CT molecular complexity index is 468. The Morgan fingerprint density at radius 2 is 1.90 bits per heavy atom. The van der Waals surface area contributed by atoms with Crippen molar-refractivity contribution in [3.05, 3.63) is 23.8 Å². The van der Waals surface area contributed by atoms with Gasteiger partial charge >= 0.3 is 0 Å². The van der Waals surface area contributed by atoms with Crippen molar-refractivity contribution in [3.8, 4) is 0 Å². The van der Waals surface area contributed by atoms with Gasteiger partial charge in [-0.25, -0.2) is 0 Å².